The van der Waals surface area contributed by atoms with E-state index in [1.807, 2.05) is 12.2 Å². The van der Waals surface area contributed by atoms with Crippen LogP contribution in [0, 0.1) is 0 Å². The van der Waals surface area contributed by atoms with Crippen LogP contribution in [-0.2, 0) is 0 Å². The zero-order valence-corrected chi connectivity index (χ0v) is 19.1. The highest BCUT2D eigenvalue weighted by atomic mass is 14.2. The van der Waals surface area contributed by atoms with Crippen molar-refractivity contribution in [2.45, 2.75) is 0 Å². The largest absolute Gasteiger partial charge is 0.0984 e. The van der Waals surface area contributed by atoms with Crippen molar-refractivity contribution in [1.29, 1.82) is 0 Å². The fourth-order valence-electron chi connectivity index (χ4n) is 4.72. The molecular formula is C34H26. The second kappa shape index (κ2) is 9.60. The Balaban J connectivity index is 1.90. The Hall–Kier alpha value is -4.42. The lowest BCUT2D eigenvalue weighted by molar-refractivity contribution is 1.55. The molecule has 0 spiro atoms. The van der Waals surface area contributed by atoms with E-state index in [2.05, 4.69) is 134 Å². The molecule has 0 aromatic heterocycles. The lowest BCUT2D eigenvalue weighted by Crippen LogP contribution is -1.97. The Bertz CT molecular complexity index is 1450. The summed E-state index contributed by atoms with van der Waals surface area (Å²) in [5.74, 6) is 0. The highest BCUT2D eigenvalue weighted by Crippen LogP contribution is 2.40. The Morgan fingerprint density at radius 2 is 0.941 bits per heavy atom. The minimum absolute atomic E-state index is 1.09. The minimum atomic E-state index is 1.09. The smallest absolute Gasteiger partial charge is 0.00266 e. The summed E-state index contributed by atoms with van der Waals surface area (Å²) in [6.45, 7) is 8.42. The van der Waals surface area contributed by atoms with Crippen molar-refractivity contribution >= 4 is 34.6 Å². The Morgan fingerprint density at radius 1 is 0.471 bits per heavy atom. The second-order valence-electron chi connectivity index (χ2n) is 8.23. The molecule has 0 bridgehead atoms. The SMILES string of the molecule is C=Cc1c(C=C)c(-c2ccccc2)c2ccccc2c1C=C(c1ccccc1)c1ccccc1. The van der Waals surface area contributed by atoms with Gasteiger partial charge in [-0.25, -0.2) is 0 Å². The molecule has 0 aliphatic rings. The fraction of sp³-hybridized carbons (Fsp3) is 0. The van der Waals surface area contributed by atoms with Crippen LogP contribution in [0.4, 0.5) is 0 Å². The van der Waals surface area contributed by atoms with Gasteiger partial charge in [0.15, 0.2) is 0 Å². The number of benzene rings is 5. The van der Waals surface area contributed by atoms with Crippen molar-refractivity contribution < 1.29 is 0 Å². The van der Waals surface area contributed by atoms with Gasteiger partial charge in [0.25, 0.3) is 0 Å². The van der Waals surface area contributed by atoms with E-state index in [0.29, 0.717) is 0 Å². The van der Waals surface area contributed by atoms with Gasteiger partial charge in [-0.05, 0) is 61.4 Å². The van der Waals surface area contributed by atoms with E-state index < -0.39 is 0 Å². The Labute approximate surface area is 201 Å². The van der Waals surface area contributed by atoms with Crippen molar-refractivity contribution in [3.05, 3.63) is 156 Å². The second-order valence-corrected chi connectivity index (χ2v) is 8.23. The number of rotatable bonds is 6. The van der Waals surface area contributed by atoms with Gasteiger partial charge in [-0.2, -0.15) is 0 Å². The van der Waals surface area contributed by atoms with Crippen LogP contribution >= 0.6 is 0 Å². The molecule has 162 valence electrons. The maximum absolute atomic E-state index is 4.22. The average molecular weight is 435 g/mol. The number of fused-ring (bicyclic) bond motifs is 1. The van der Waals surface area contributed by atoms with Gasteiger partial charge < -0.3 is 0 Å². The molecule has 0 aliphatic heterocycles. The van der Waals surface area contributed by atoms with E-state index in [1.165, 1.54) is 38.6 Å². The van der Waals surface area contributed by atoms with Gasteiger partial charge in [-0.15, -0.1) is 0 Å². The molecule has 5 aromatic rings. The summed E-state index contributed by atoms with van der Waals surface area (Å²) in [6, 6.07) is 40.3. The molecule has 0 saturated heterocycles. The first-order valence-corrected chi connectivity index (χ1v) is 11.5. The van der Waals surface area contributed by atoms with E-state index in [4.69, 9.17) is 0 Å². The van der Waals surface area contributed by atoms with E-state index in [0.717, 1.165) is 16.7 Å². The van der Waals surface area contributed by atoms with Crippen molar-refractivity contribution in [2.75, 3.05) is 0 Å². The highest BCUT2D eigenvalue weighted by molar-refractivity contribution is 6.10. The maximum atomic E-state index is 4.22. The topological polar surface area (TPSA) is 0 Å². The molecule has 0 radical (unpaired) electrons. The molecular weight excluding hydrogens is 408 g/mol. The average Bonchev–Trinajstić information content (AvgIpc) is 2.92. The Morgan fingerprint density at radius 3 is 1.47 bits per heavy atom. The summed E-state index contributed by atoms with van der Waals surface area (Å²) >= 11 is 0. The molecule has 34 heavy (non-hydrogen) atoms. The summed E-state index contributed by atoms with van der Waals surface area (Å²) in [6.07, 6.45) is 6.24. The van der Waals surface area contributed by atoms with Crippen LogP contribution in [-0.4, -0.2) is 0 Å². The molecule has 0 amide bonds. The predicted octanol–water partition coefficient (Wildman–Crippen LogP) is 9.38. The normalized spacial score (nSPS) is 10.6. The van der Waals surface area contributed by atoms with Gasteiger partial charge in [0.05, 0.1) is 0 Å². The Kier molecular flexibility index (Phi) is 6.05. The monoisotopic (exact) mass is 434 g/mol. The van der Waals surface area contributed by atoms with Crippen LogP contribution in [0.5, 0.6) is 0 Å². The van der Waals surface area contributed by atoms with Gasteiger partial charge in [0, 0.05) is 0 Å². The maximum Gasteiger partial charge on any atom is -0.00266 e. The lowest BCUT2D eigenvalue weighted by Gasteiger charge is -2.19. The molecule has 5 aromatic carbocycles. The van der Waals surface area contributed by atoms with E-state index >= 15 is 0 Å². The summed E-state index contributed by atoms with van der Waals surface area (Å²) in [5.41, 5.74) is 9.27. The van der Waals surface area contributed by atoms with Crippen molar-refractivity contribution in [1.82, 2.24) is 0 Å². The van der Waals surface area contributed by atoms with E-state index in [1.54, 1.807) is 0 Å². The molecule has 0 aliphatic carbocycles. The van der Waals surface area contributed by atoms with Crippen LogP contribution in [0.1, 0.15) is 27.8 Å². The van der Waals surface area contributed by atoms with Gasteiger partial charge in [-0.3, -0.25) is 0 Å². The number of hydrogen-bond acceptors (Lipinski definition) is 0. The molecule has 0 N–H and O–H groups in total. The molecule has 5 rings (SSSR count). The molecule has 0 unspecified atom stereocenters. The van der Waals surface area contributed by atoms with Crippen molar-refractivity contribution in [3.63, 3.8) is 0 Å². The molecule has 0 atom stereocenters. The third kappa shape index (κ3) is 3.91. The lowest BCUT2D eigenvalue weighted by atomic mass is 9.84. The van der Waals surface area contributed by atoms with Crippen LogP contribution in [0.3, 0.4) is 0 Å². The van der Waals surface area contributed by atoms with Gasteiger partial charge >= 0.3 is 0 Å². The molecule has 0 heterocycles. The summed E-state index contributed by atoms with van der Waals surface area (Å²) < 4.78 is 0. The first kappa shape index (κ1) is 21.4. The molecule has 0 fully saturated rings. The van der Waals surface area contributed by atoms with Crippen LogP contribution in [0.25, 0.3) is 45.7 Å². The molecule has 0 heteroatoms. The predicted molar refractivity (Wildman–Crippen MR) is 149 cm³/mol. The molecule has 0 nitrogen and oxygen atoms in total. The van der Waals surface area contributed by atoms with Gasteiger partial charge in [-0.1, -0.05) is 141 Å². The van der Waals surface area contributed by atoms with Crippen LogP contribution in [0.15, 0.2) is 128 Å². The summed E-state index contributed by atoms with van der Waals surface area (Å²) in [4.78, 5) is 0. The standard InChI is InChI=1S/C34H26/c1-3-28-29(4-2)34(27-20-12-7-13-21-27)31-23-15-14-22-30(31)33(28)24-32(25-16-8-5-9-17-25)26-18-10-6-11-19-26/h3-24H,1-2H2. The van der Waals surface area contributed by atoms with Crippen LogP contribution in [0.2, 0.25) is 0 Å². The third-order valence-electron chi connectivity index (χ3n) is 6.27. The first-order chi connectivity index (χ1) is 16.8. The highest BCUT2D eigenvalue weighted by Gasteiger charge is 2.17. The first-order valence-electron chi connectivity index (χ1n) is 11.5. The summed E-state index contributed by atoms with van der Waals surface area (Å²) in [5, 5.41) is 2.41. The van der Waals surface area contributed by atoms with Crippen molar-refractivity contribution in [2.24, 2.45) is 0 Å². The fourth-order valence-corrected chi connectivity index (χ4v) is 4.72. The van der Waals surface area contributed by atoms with E-state index in [-0.39, 0.29) is 0 Å². The summed E-state index contributed by atoms with van der Waals surface area (Å²) in [7, 11) is 0. The van der Waals surface area contributed by atoms with Gasteiger partial charge in [0.1, 0.15) is 0 Å². The van der Waals surface area contributed by atoms with Gasteiger partial charge in [0.2, 0.25) is 0 Å². The third-order valence-corrected chi connectivity index (χ3v) is 6.27. The van der Waals surface area contributed by atoms with Crippen molar-refractivity contribution in [3.8, 4) is 11.1 Å². The minimum Gasteiger partial charge on any atom is -0.0984 e. The number of hydrogen-bond donors (Lipinski definition) is 0. The zero-order valence-electron chi connectivity index (χ0n) is 19.1. The van der Waals surface area contributed by atoms with Crippen LogP contribution < -0.4 is 0 Å². The van der Waals surface area contributed by atoms with E-state index in [9.17, 15) is 0 Å². The zero-order chi connectivity index (χ0) is 23.3. The molecule has 0 saturated carbocycles. The quantitative estimate of drug-likeness (QED) is 0.233.